The Kier molecular flexibility index (Phi) is 6.50. The van der Waals surface area contributed by atoms with E-state index in [1.54, 1.807) is 17.0 Å². The summed E-state index contributed by atoms with van der Waals surface area (Å²) < 4.78 is 12.9. The van der Waals surface area contributed by atoms with Gasteiger partial charge in [-0.25, -0.2) is 4.39 Å². The Morgan fingerprint density at radius 3 is 2.47 bits per heavy atom. The van der Waals surface area contributed by atoms with Crippen LogP contribution in [-0.2, 0) is 4.79 Å². The molecular formula is C15H22FNO2. The molecular weight excluding hydrogens is 245 g/mol. The fraction of sp³-hybridized carbons (Fsp3) is 0.533. The molecule has 1 atom stereocenters. The van der Waals surface area contributed by atoms with Gasteiger partial charge in [-0.3, -0.25) is 4.79 Å². The van der Waals surface area contributed by atoms with Gasteiger partial charge >= 0.3 is 0 Å². The van der Waals surface area contributed by atoms with Crippen molar-refractivity contribution >= 4 is 5.91 Å². The molecule has 0 aromatic heterocycles. The van der Waals surface area contributed by atoms with Gasteiger partial charge in [-0.05, 0) is 44.4 Å². The number of nitrogens with zero attached hydrogens (tertiary/aromatic N) is 1. The first-order chi connectivity index (χ1) is 9.10. The largest absolute Gasteiger partial charge is 0.396 e. The van der Waals surface area contributed by atoms with Crippen molar-refractivity contribution in [1.29, 1.82) is 0 Å². The zero-order chi connectivity index (χ0) is 14.3. The molecule has 1 rings (SSSR count). The molecule has 1 unspecified atom stereocenters. The van der Waals surface area contributed by atoms with Crippen molar-refractivity contribution in [2.24, 2.45) is 0 Å². The maximum absolute atomic E-state index is 12.9. The van der Waals surface area contributed by atoms with E-state index in [1.165, 1.54) is 12.1 Å². The van der Waals surface area contributed by atoms with Crippen LogP contribution < -0.4 is 0 Å². The van der Waals surface area contributed by atoms with E-state index in [0.29, 0.717) is 25.8 Å². The van der Waals surface area contributed by atoms with Gasteiger partial charge in [0.2, 0.25) is 5.91 Å². The number of carbonyl (C=O) groups excluding carboxylic acids is 1. The standard InChI is InChI=1S/C15H22FNO2/c1-3-17(15(19)6-4-5-11-18)12(2)13-7-9-14(16)10-8-13/h7-10,12,18H,3-6,11H2,1-2H3. The van der Waals surface area contributed by atoms with Crippen molar-refractivity contribution in [1.82, 2.24) is 4.90 Å². The molecule has 1 N–H and O–H groups in total. The van der Waals surface area contributed by atoms with Gasteiger partial charge in [0, 0.05) is 19.6 Å². The summed E-state index contributed by atoms with van der Waals surface area (Å²) >= 11 is 0. The number of amides is 1. The Morgan fingerprint density at radius 1 is 1.32 bits per heavy atom. The Morgan fingerprint density at radius 2 is 1.95 bits per heavy atom. The highest BCUT2D eigenvalue weighted by Crippen LogP contribution is 2.21. The van der Waals surface area contributed by atoms with Crippen LogP contribution in [0.25, 0.3) is 0 Å². The van der Waals surface area contributed by atoms with Gasteiger partial charge in [0.15, 0.2) is 0 Å². The molecule has 3 nitrogen and oxygen atoms in total. The van der Waals surface area contributed by atoms with Crippen LogP contribution in [0, 0.1) is 5.82 Å². The van der Waals surface area contributed by atoms with E-state index in [-0.39, 0.29) is 24.4 Å². The molecule has 106 valence electrons. The molecule has 0 aliphatic heterocycles. The summed E-state index contributed by atoms with van der Waals surface area (Å²) in [5.41, 5.74) is 0.929. The molecule has 1 aromatic rings. The Labute approximate surface area is 114 Å². The third kappa shape index (κ3) is 4.63. The van der Waals surface area contributed by atoms with Crippen LogP contribution >= 0.6 is 0 Å². The molecule has 0 aliphatic carbocycles. The highest BCUT2D eigenvalue weighted by Gasteiger charge is 2.19. The first-order valence-corrected chi connectivity index (χ1v) is 6.76. The molecule has 1 aromatic carbocycles. The van der Waals surface area contributed by atoms with Crippen LogP contribution in [0.5, 0.6) is 0 Å². The van der Waals surface area contributed by atoms with Crippen LogP contribution in [0.3, 0.4) is 0 Å². The number of rotatable bonds is 7. The first-order valence-electron chi connectivity index (χ1n) is 6.76. The normalized spacial score (nSPS) is 12.2. The number of hydrogen-bond acceptors (Lipinski definition) is 2. The van der Waals surface area contributed by atoms with Gasteiger partial charge in [-0.1, -0.05) is 12.1 Å². The monoisotopic (exact) mass is 267 g/mol. The number of aliphatic hydroxyl groups excluding tert-OH is 1. The zero-order valence-electron chi connectivity index (χ0n) is 11.6. The maximum atomic E-state index is 12.9. The molecule has 0 bridgehead atoms. The van der Waals surface area contributed by atoms with Crippen molar-refractivity contribution in [2.45, 2.75) is 39.2 Å². The van der Waals surface area contributed by atoms with E-state index in [4.69, 9.17) is 5.11 Å². The molecule has 4 heteroatoms. The lowest BCUT2D eigenvalue weighted by Gasteiger charge is -2.28. The Balaban J connectivity index is 2.67. The summed E-state index contributed by atoms with van der Waals surface area (Å²) in [6.07, 6.45) is 1.79. The van der Waals surface area contributed by atoms with Gasteiger partial charge in [0.25, 0.3) is 0 Å². The first kappa shape index (κ1) is 15.6. The molecule has 0 radical (unpaired) electrons. The van der Waals surface area contributed by atoms with Crippen LogP contribution in [0.4, 0.5) is 4.39 Å². The summed E-state index contributed by atoms with van der Waals surface area (Å²) in [5, 5.41) is 8.73. The Bertz CT molecular complexity index is 392. The topological polar surface area (TPSA) is 40.5 Å². The smallest absolute Gasteiger partial charge is 0.223 e. The minimum Gasteiger partial charge on any atom is -0.396 e. The van der Waals surface area contributed by atoms with Crippen molar-refractivity contribution < 1.29 is 14.3 Å². The highest BCUT2D eigenvalue weighted by atomic mass is 19.1. The number of benzene rings is 1. The highest BCUT2D eigenvalue weighted by molar-refractivity contribution is 5.76. The van der Waals surface area contributed by atoms with Gasteiger partial charge in [0.1, 0.15) is 5.82 Å². The van der Waals surface area contributed by atoms with Gasteiger partial charge in [-0.2, -0.15) is 0 Å². The molecule has 0 saturated carbocycles. The third-order valence-corrected chi connectivity index (χ3v) is 3.28. The fourth-order valence-electron chi connectivity index (χ4n) is 2.12. The second kappa shape index (κ2) is 7.89. The van der Waals surface area contributed by atoms with Crippen molar-refractivity contribution in [2.75, 3.05) is 13.2 Å². The SMILES string of the molecule is CCN(C(=O)CCCCO)C(C)c1ccc(F)cc1. The number of hydrogen-bond donors (Lipinski definition) is 1. The van der Waals surface area contributed by atoms with Crippen LogP contribution in [0.2, 0.25) is 0 Å². The average Bonchev–Trinajstić information content (AvgIpc) is 2.40. The molecule has 0 spiro atoms. The lowest BCUT2D eigenvalue weighted by molar-refractivity contribution is -0.133. The minimum absolute atomic E-state index is 0.0628. The van der Waals surface area contributed by atoms with E-state index in [1.807, 2.05) is 13.8 Å². The van der Waals surface area contributed by atoms with Crippen LogP contribution in [0.1, 0.15) is 44.7 Å². The van der Waals surface area contributed by atoms with E-state index >= 15 is 0 Å². The van der Waals surface area contributed by atoms with Gasteiger partial charge in [0.05, 0.1) is 6.04 Å². The van der Waals surface area contributed by atoms with Crippen molar-refractivity contribution in [3.63, 3.8) is 0 Å². The lowest BCUT2D eigenvalue weighted by atomic mass is 10.1. The fourth-order valence-corrected chi connectivity index (χ4v) is 2.12. The van der Waals surface area contributed by atoms with Crippen LogP contribution in [0.15, 0.2) is 24.3 Å². The number of unbranched alkanes of at least 4 members (excludes halogenated alkanes) is 1. The molecule has 1 amide bonds. The second-order valence-electron chi connectivity index (χ2n) is 4.59. The summed E-state index contributed by atoms with van der Waals surface area (Å²) in [7, 11) is 0. The molecule has 0 heterocycles. The van der Waals surface area contributed by atoms with Crippen LogP contribution in [-0.4, -0.2) is 29.1 Å². The molecule has 0 fully saturated rings. The minimum atomic E-state index is -0.270. The number of aliphatic hydroxyl groups is 1. The second-order valence-corrected chi connectivity index (χ2v) is 4.59. The zero-order valence-corrected chi connectivity index (χ0v) is 11.6. The predicted molar refractivity (Wildman–Crippen MR) is 73.1 cm³/mol. The summed E-state index contributed by atoms with van der Waals surface area (Å²) in [6, 6.07) is 6.19. The summed E-state index contributed by atoms with van der Waals surface area (Å²) in [4.78, 5) is 13.9. The lowest BCUT2D eigenvalue weighted by Crippen LogP contribution is -2.33. The molecule has 0 saturated heterocycles. The number of carbonyl (C=O) groups is 1. The van der Waals surface area contributed by atoms with E-state index in [0.717, 1.165) is 5.56 Å². The summed E-state index contributed by atoms with van der Waals surface area (Å²) in [6.45, 7) is 4.62. The van der Waals surface area contributed by atoms with E-state index in [9.17, 15) is 9.18 Å². The molecule has 0 aliphatic rings. The average molecular weight is 267 g/mol. The van der Waals surface area contributed by atoms with Crippen molar-refractivity contribution in [3.8, 4) is 0 Å². The predicted octanol–water partition coefficient (Wildman–Crippen LogP) is 2.90. The Hall–Kier alpha value is -1.42. The maximum Gasteiger partial charge on any atom is 0.223 e. The van der Waals surface area contributed by atoms with E-state index in [2.05, 4.69) is 0 Å². The van der Waals surface area contributed by atoms with E-state index < -0.39 is 0 Å². The van der Waals surface area contributed by atoms with Gasteiger partial charge in [-0.15, -0.1) is 0 Å². The van der Waals surface area contributed by atoms with Gasteiger partial charge < -0.3 is 10.0 Å². The third-order valence-electron chi connectivity index (χ3n) is 3.28. The number of halogens is 1. The van der Waals surface area contributed by atoms with Crippen molar-refractivity contribution in [3.05, 3.63) is 35.6 Å². The quantitative estimate of drug-likeness (QED) is 0.772. The summed E-state index contributed by atoms with van der Waals surface area (Å²) in [5.74, 6) is -0.193. The molecule has 19 heavy (non-hydrogen) atoms.